The second-order valence-electron chi connectivity index (χ2n) is 3.32. The van der Waals surface area contributed by atoms with E-state index in [-0.39, 0.29) is 5.69 Å². The van der Waals surface area contributed by atoms with Gasteiger partial charge >= 0.3 is 0 Å². The summed E-state index contributed by atoms with van der Waals surface area (Å²) in [5.41, 5.74) is 4.41. The number of hydrogen-bond donors (Lipinski definition) is 2. The number of amides is 2. The zero-order chi connectivity index (χ0) is 13.5. The molecule has 0 aliphatic rings. The number of carbonyl (C=O) groups is 2. The van der Waals surface area contributed by atoms with Crippen LogP contribution >= 0.6 is 0 Å². The van der Waals surface area contributed by atoms with Gasteiger partial charge in [-0.25, -0.2) is 0 Å². The smallest absolute Gasteiger partial charge is 0.274 e. The fourth-order valence-electron chi connectivity index (χ4n) is 1.15. The highest BCUT2D eigenvalue weighted by molar-refractivity contribution is 5.93. The third-order valence-corrected chi connectivity index (χ3v) is 1.91. The van der Waals surface area contributed by atoms with Crippen molar-refractivity contribution in [2.75, 3.05) is 0 Å². The molecule has 0 atom stereocenters. The van der Waals surface area contributed by atoms with Gasteiger partial charge in [-0.2, -0.15) is 0 Å². The zero-order valence-corrected chi connectivity index (χ0v) is 9.54. The van der Waals surface area contributed by atoms with E-state index in [1.54, 1.807) is 6.07 Å². The minimum absolute atomic E-state index is 0.0962. The highest BCUT2D eigenvalue weighted by Crippen LogP contribution is 2.18. The highest BCUT2D eigenvalue weighted by Gasteiger charge is 2.09. The van der Waals surface area contributed by atoms with Crippen molar-refractivity contribution in [3.05, 3.63) is 46.0 Å². The van der Waals surface area contributed by atoms with E-state index in [1.807, 2.05) is 0 Å². The lowest BCUT2D eigenvalue weighted by Gasteiger charge is -2.00. The van der Waals surface area contributed by atoms with Gasteiger partial charge < -0.3 is 0 Å². The molecule has 1 aromatic rings. The molecule has 94 valence electrons. The number of nitrogens with one attached hydrogen (secondary N) is 2. The van der Waals surface area contributed by atoms with Crippen molar-refractivity contribution in [1.29, 1.82) is 0 Å². The van der Waals surface area contributed by atoms with Crippen LogP contribution in [0.5, 0.6) is 0 Å². The number of nitro groups is 1. The topological polar surface area (TPSA) is 101 Å². The van der Waals surface area contributed by atoms with Crippen LogP contribution in [0.25, 0.3) is 6.08 Å². The summed E-state index contributed by atoms with van der Waals surface area (Å²) in [5.74, 6) is -0.995. The van der Waals surface area contributed by atoms with Crippen LogP contribution in [-0.2, 0) is 9.59 Å². The monoisotopic (exact) mass is 249 g/mol. The standard InChI is InChI=1S/C11H11N3O4/c1-8(15)12-13-11(16)7-6-9-4-2-3-5-10(9)14(17)18/h2-7H,1H3,(H,12,15)(H,13,16)/b7-6+. The molecule has 7 heteroatoms. The van der Waals surface area contributed by atoms with Gasteiger partial charge in [0.2, 0.25) is 5.91 Å². The Hall–Kier alpha value is -2.70. The van der Waals surface area contributed by atoms with Gasteiger partial charge in [0.15, 0.2) is 0 Å². The lowest BCUT2D eigenvalue weighted by Crippen LogP contribution is -2.39. The normalized spacial score (nSPS) is 10.1. The molecule has 0 radical (unpaired) electrons. The fourth-order valence-corrected chi connectivity index (χ4v) is 1.15. The Labute approximate surface area is 103 Å². The molecule has 0 saturated carbocycles. The Bertz CT molecular complexity index is 511. The first-order valence-electron chi connectivity index (χ1n) is 4.99. The van der Waals surface area contributed by atoms with Crippen molar-refractivity contribution < 1.29 is 14.5 Å². The molecule has 0 heterocycles. The largest absolute Gasteiger partial charge is 0.276 e. The van der Waals surface area contributed by atoms with Crippen LogP contribution in [0.15, 0.2) is 30.3 Å². The van der Waals surface area contributed by atoms with Crippen LogP contribution in [-0.4, -0.2) is 16.7 Å². The van der Waals surface area contributed by atoms with Gasteiger partial charge in [0, 0.05) is 19.1 Å². The summed E-state index contributed by atoms with van der Waals surface area (Å²) in [7, 11) is 0. The minimum Gasteiger partial charge on any atom is -0.274 e. The quantitative estimate of drug-likeness (QED) is 0.469. The zero-order valence-electron chi connectivity index (χ0n) is 9.54. The van der Waals surface area contributed by atoms with Crippen molar-refractivity contribution >= 4 is 23.6 Å². The summed E-state index contributed by atoms with van der Waals surface area (Å²) in [5, 5.41) is 10.7. The summed E-state index contributed by atoms with van der Waals surface area (Å²) in [4.78, 5) is 31.9. The number of para-hydroxylation sites is 1. The number of hydrogen-bond acceptors (Lipinski definition) is 4. The van der Waals surface area contributed by atoms with Gasteiger partial charge in [-0.1, -0.05) is 12.1 Å². The van der Waals surface area contributed by atoms with Crippen molar-refractivity contribution in [1.82, 2.24) is 10.9 Å². The second-order valence-corrected chi connectivity index (χ2v) is 3.32. The SMILES string of the molecule is CC(=O)NNC(=O)/C=C/c1ccccc1[N+](=O)[O-]. The molecule has 0 fully saturated rings. The van der Waals surface area contributed by atoms with Gasteiger partial charge in [0.25, 0.3) is 11.6 Å². The van der Waals surface area contributed by atoms with E-state index in [1.165, 1.54) is 31.2 Å². The fraction of sp³-hybridized carbons (Fsp3) is 0.0909. The number of rotatable bonds is 3. The van der Waals surface area contributed by atoms with Crippen LogP contribution in [0.4, 0.5) is 5.69 Å². The number of carbonyl (C=O) groups excluding carboxylic acids is 2. The lowest BCUT2D eigenvalue weighted by molar-refractivity contribution is -0.385. The third-order valence-electron chi connectivity index (χ3n) is 1.91. The number of hydrazine groups is 1. The lowest BCUT2D eigenvalue weighted by atomic mass is 10.1. The Kier molecular flexibility index (Phi) is 4.56. The van der Waals surface area contributed by atoms with Gasteiger partial charge in [-0.05, 0) is 12.1 Å². The maximum absolute atomic E-state index is 11.2. The molecule has 0 bridgehead atoms. The highest BCUT2D eigenvalue weighted by atomic mass is 16.6. The summed E-state index contributed by atoms with van der Waals surface area (Å²) in [6.07, 6.45) is 2.40. The molecule has 7 nitrogen and oxygen atoms in total. The van der Waals surface area contributed by atoms with E-state index in [4.69, 9.17) is 0 Å². The predicted octanol–water partition coefficient (Wildman–Crippen LogP) is 0.775. The van der Waals surface area contributed by atoms with Gasteiger partial charge in [-0.15, -0.1) is 0 Å². The summed E-state index contributed by atoms with van der Waals surface area (Å²) in [6.45, 7) is 1.24. The average molecular weight is 249 g/mol. The number of benzene rings is 1. The van der Waals surface area contributed by atoms with Crippen molar-refractivity contribution in [3.8, 4) is 0 Å². The number of nitro benzene ring substituents is 1. The van der Waals surface area contributed by atoms with Crippen LogP contribution in [0, 0.1) is 10.1 Å². The van der Waals surface area contributed by atoms with E-state index >= 15 is 0 Å². The Morgan fingerprint density at radius 3 is 2.56 bits per heavy atom. The Morgan fingerprint density at radius 2 is 1.94 bits per heavy atom. The van der Waals surface area contributed by atoms with Crippen LogP contribution in [0.2, 0.25) is 0 Å². The van der Waals surface area contributed by atoms with E-state index in [0.29, 0.717) is 5.56 Å². The maximum Gasteiger partial charge on any atom is 0.276 e. The molecule has 1 aromatic carbocycles. The average Bonchev–Trinajstić information content (AvgIpc) is 2.34. The van der Waals surface area contributed by atoms with E-state index in [9.17, 15) is 19.7 Å². The van der Waals surface area contributed by atoms with Crippen molar-refractivity contribution in [3.63, 3.8) is 0 Å². The molecule has 0 unspecified atom stereocenters. The molecular formula is C11H11N3O4. The molecule has 0 aromatic heterocycles. The first-order chi connectivity index (χ1) is 8.50. The van der Waals surface area contributed by atoms with Gasteiger partial charge in [0.1, 0.15) is 0 Å². The summed E-state index contributed by atoms with van der Waals surface area (Å²) < 4.78 is 0. The van der Waals surface area contributed by atoms with Gasteiger partial charge in [-0.3, -0.25) is 30.6 Å². The maximum atomic E-state index is 11.2. The molecule has 2 amide bonds. The molecule has 2 N–H and O–H groups in total. The molecule has 0 aliphatic heterocycles. The van der Waals surface area contributed by atoms with E-state index < -0.39 is 16.7 Å². The molecule has 1 rings (SSSR count). The molecule has 18 heavy (non-hydrogen) atoms. The molecule has 0 spiro atoms. The second kappa shape index (κ2) is 6.14. The Balaban J connectivity index is 2.75. The molecule has 0 aliphatic carbocycles. The number of nitrogens with zero attached hydrogens (tertiary/aromatic N) is 1. The van der Waals surface area contributed by atoms with Crippen LogP contribution in [0.1, 0.15) is 12.5 Å². The minimum atomic E-state index is -0.580. The van der Waals surface area contributed by atoms with E-state index in [0.717, 1.165) is 6.08 Å². The molecular weight excluding hydrogens is 238 g/mol. The molecule has 0 saturated heterocycles. The van der Waals surface area contributed by atoms with Crippen LogP contribution in [0.3, 0.4) is 0 Å². The van der Waals surface area contributed by atoms with Crippen molar-refractivity contribution in [2.24, 2.45) is 0 Å². The van der Waals surface area contributed by atoms with Crippen LogP contribution < -0.4 is 10.9 Å². The Morgan fingerprint density at radius 1 is 1.28 bits per heavy atom. The van der Waals surface area contributed by atoms with E-state index in [2.05, 4.69) is 10.9 Å². The van der Waals surface area contributed by atoms with Crippen molar-refractivity contribution in [2.45, 2.75) is 6.92 Å². The summed E-state index contributed by atoms with van der Waals surface area (Å²) in [6, 6.07) is 6.01. The third kappa shape index (κ3) is 4.05. The first-order valence-corrected chi connectivity index (χ1v) is 4.99. The summed E-state index contributed by atoms with van der Waals surface area (Å²) >= 11 is 0. The first kappa shape index (κ1) is 13.4. The predicted molar refractivity (Wildman–Crippen MR) is 64.1 cm³/mol. The van der Waals surface area contributed by atoms with Gasteiger partial charge in [0.05, 0.1) is 10.5 Å².